The Kier molecular flexibility index (Phi) is 5.83. The van der Waals surface area contributed by atoms with Gasteiger partial charge in [0.2, 0.25) is 0 Å². The molecule has 1 aromatic carbocycles. The zero-order chi connectivity index (χ0) is 23.3. The van der Waals surface area contributed by atoms with Crippen molar-refractivity contribution in [2.75, 3.05) is 7.05 Å². The summed E-state index contributed by atoms with van der Waals surface area (Å²) in [7, 11) is 2.23. The summed E-state index contributed by atoms with van der Waals surface area (Å²) in [5.41, 5.74) is 1.29. The molecular formula is C26H33N3O3S. The van der Waals surface area contributed by atoms with Crippen LogP contribution in [0.25, 0.3) is 15.9 Å². The van der Waals surface area contributed by atoms with Crippen LogP contribution in [0, 0.1) is 5.41 Å². The number of aliphatic hydroxyl groups is 1. The lowest BCUT2D eigenvalue weighted by molar-refractivity contribution is 0.0662. The van der Waals surface area contributed by atoms with E-state index in [1.807, 2.05) is 30.3 Å². The van der Waals surface area contributed by atoms with Gasteiger partial charge < -0.3 is 14.7 Å². The minimum absolute atomic E-state index is 0.000157. The minimum atomic E-state index is -0.594. The van der Waals surface area contributed by atoms with Crippen molar-refractivity contribution in [3.63, 3.8) is 0 Å². The molecule has 2 aliphatic heterocycles. The number of thiophene rings is 1. The van der Waals surface area contributed by atoms with Crippen molar-refractivity contribution in [2.45, 2.75) is 77.2 Å². The summed E-state index contributed by atoms with van der Waals surface area (Å²) >= 11 is 1.34. The normalized spacial score (nSPS) is 24.3. The predicted molar refractivity (Wildman–Crippen MR) is 132 cm³/mol. The smallest absolute Gasteiger partial charge is 0.275 e. The first-order valence-electron chi connectivity index (χ1n) is 11.9. The summed E-state index contributed by atoms with van der Waals surface area (Å²) in [6.07, 6.45) is 6.58. The van der Waals surface area contributed by atoms with Crippen LogP contribution in [-0.2, 0) is 0 Å². The molecule has 2 bridgehead atoms. The van der Waals surface area contributed by atoms with Crippen LogP contribution < -0.4 is 10.3 Å². The topological polar surface area (TPSA) is 67.6 Å². The van der Waals surface area contributed by atoms with E-state index in [0.29, 0.717) is 28.7 Å². The highest BCUT2D eigenvalue weighted by Gasteiger charge is 2.39. The van der Waals surface area contributed by atoms with Crippen LogP contribution in [-0.4, -0.2) is 44.8 Å². The first kappa shape index (κ1) is 22.6. The van der Waals surface area contributed by atoms with Gasteiger partial charge in [-0.25, -0.2) is 4.98 Å². The number of piperidine rings is 1. The quantitative estimate of drug-likeness (QED) is 0.577. The Balaban J connectivity index is 1.34. The Bertz CT molecular complexity index is 1180. The Morgan fingerprint density at radius 1 is 1.18 bits per heavy atom. The average Bonchev–Trinajstić information content (AvgIpc) is 3.26. The molecule has 2 saturated heterocycles. The summed E-state index contributed by atoms with van der Waals surface area (Å²) in [5.74, 6) is 0.846. The zero-order valence-corrected chi connectivity index (χ0v) is 20.6. The molecule has 1 unspecified atom stereocenters. The van der Waals surface area contributed by atoms with Crippen molar-refractivity contribution >= 4 is 21.6 Å². The highest BCUT2D eigenvalue weighted by atomic mass is 32.1. The highest BCUT2D eigenvalue weighted by molar-refractivity contribution is 7.19. The standard InChI is InChI=1S/C26H33N3O3S/c1-26(2,3)14-22(30)23-13-21-24(33-23)25(31)29(15-27-21)16-7-9-19(10-8-16)32-20-11-17-5-6-18(12-20)28(17)4/h7-10,13,15,17-18,20,22,30H,5-6,11-12,14H2,1-4H3/t17-,18+,20+,22?. The lowest BCUT2D eigenvalue weighted by Crippen LogP contribution is -2.43. The molecular weight excluding hydrogens is 434 g/mol. The maximum absolute atomic E-state index is 13.2. The fourth-order valence-electron chi connectivity index (χ4n) is 5.30. The molecule has 33 heavy (non-hydrogen) atoms. The van der Waals surface area contributed by atoms with Crippen LogP contribution in [0.5, 0.6) is 5.75 Å². The van der Waals surface area contributed by atoms with Gasteiger partial charge in [-0.1, -0.05) is 20.8 Å². The number of aliphatic hydroxyl groups excluding tert-OH is 1. The van der Waals surface area contributed by atoms with Gasteiger partial charge in [0.25, 0.3) is 5.56 Å². The van der Waals surface area contributed by atoms with Crippen molar-refractivity contribution in [3.05, 3.63) is 51.9 Å². The number of aromatic nitrogens is 2. The van der Waals surface area contributed by atoms with Crippen LogP contribution in [0.15, 0.2) is 41.5 Å². The van der Waals surface area contributed by atoms with Crippen molar-refractivity contribution in [1.82, 2.24) is 14.5 Å². The number of hydrogen-bond acceptors (Lipinski definition) is 6. The van der Waals surface area contributed by atoms with Crippen molar-refractivity contribution in [2.24, 2.45) is 5.41 Å². The summed E-state index contributed by atoms with van der Waals surface area (Å²) in [5, 5.41) is 10.6. The van der Waals surface area contributed by atoms with Gasteiger partial charge in [0.15, 0.2) is 0 Å². The van der Waals surface area contributed by atoms with Crippen molar-refractivity contribution in [1.29, 1.82) is 0 Å². The summed E-state index contributed by atoms with van der Waals surface area (Å²) in [4.78, 5) is 21.0. The van der Waals surface area contributed by atoms with Crippen LogP contribution in [0.4, 0.5) is 0 Å². The van der Waals surface area contributed by atoms with E-state index in [4.69, 9.17) is 4.74 Å². The largest absolute Gasteiger partial charge is 0.490 e. The summed E-state index contributed by atoms with van der Waals surface area (Å²) in [6.45, 7) is 6.29. The van der Waals surface area contributed by atoms with Gasteiger partial charge in [-0.3, -0.25) is 9.36 Å². The van der Waals surface area contributed by atoms with Gasteiger partial charge in [0.1, 0.15) is 22.9 Å². The predicted octanol–water partition coefficient (Wildman–Crippen LogP) is 4.92. The van der Waals surface area contributed by atoms with E-state index in [9.17, 15) is 9.90 Å². The molecule has 1 N–H and O–H groups in total. The average molecular weight is 468 g/mol. The lowest BCUT2D eigenvalue weighted by Gasteiger charge is -2.36. The summed E-state index contributed by atoms with van der Waals surface area (Å²) < 4.78 is 8.43. The molecule has 0 amide bonds. The maximum atomic E-state index is 13.2. The van der Waals surface area contributed by atoms with Crippen molar-refractivity contribution < 1.29 is 9.84 Å². The first-order chi connectivity index (χ1) is 15.7. The fraction of sp³-hybridized carbons (Fsp3) is 0.538. The van der Waals surface area contributed by atoms with Gasteiger partial charge in [0, 0.05) is 17.0 Å². The Morgan fingerprint density at radius 3 is 2.48 bits per heavy atom. The van der Waals surface area contributed by atoms with Gasteiger partial charge in [-0.2, -0.15) is 0 Å². The van der Waals surface area contributed by atoms with E-state index in [2.05, 4.69) is 37.7 Å². The molecule has 0 spiro atoms. The third-order valence-corrected chi connectivity index (χ3v) is 8.28. The molecule has 2 aromatic heterocycles. The number of ether oxygens (including phenoxy) is 1. The number of hydrogen-bond donors (Lipinski definition) is 1. The number of nitrogens with zero attached hydrogens (tertiary/aromatic N) is 3. The first-order valence-corrected chi connectivity index (χ1v) is 12.7. The second kappa shape index (κ2) is 8.53. The second-order valence-corrected chi connectivity index (χ2v) is 11.9. The van der Waals surface area contributed by atoms with Gasteiger partial charge >= 0.3 is 0 Å². The molecule has 4 atom stereocenters. The lowest BCUT2D eigenvalue weighted by atomic mass is 9.89. The van der Waals surface area contributed by atoms with E-state index in [1.54, 1.807) is 10.9 Å². The number of fused-ring (bicyclic) bond motifs is 3. The molecule has 2 fully saturated rings. The van der Waals surface area contributed by atoms with Gasteiger partial charge in [-0.05, 0) is 74.9 Å². The third-order valence-electron chi connectivity index (χ3n) is 7.06. The van der Waals surface area contributed by atoms with Crippen molar-refractivity contribution in [3.8, 4) is 11.4 Å². The van der Waals surface area contributed by atoms with E-state index in [1.165, 1.54) is 24.2 Å². The molecule has 3 aromatic rings. The second-order valence-electron chi connectivity index (χ2n) is 10.8. The summed E-state index contributed by atoms with van der Waals surface area (Å²) in [6, 6.07) is 10.8. The van der Waals surface area contributed by atoms with Crippen LogP contribution in [0.2, 0.25) is 0 Å². The highest BCUT2D eigenvalue weighted by Crippen LogP contribution is 2.36. The van der Waals surface area contributed by atoms with Gasteiger partial charge in [-0.15, -0.1) is 11.3 Å². The number of benzene rings is 1. The molecule has 2 aliphatic rings. The molecule has 7 heteroatoms. The van der Waals surface area contributed by atoms with Crippen LogP contribution in [0.1, 0.15) is 63.9 Å². The molecule has 4 heterocycles. The molecule has 0 saturated carbocycles. The third kappa shape index (κ3) is 4.59. The van der Waals surface area contributed by atoms with E-state index in [0.717, 1.165) is 29.2 Å². The molecule has 0 aliphatic carbocycles. The Labute approximate surface area is 198 Å². The Hall–Kier alpha value is -2.22. The zero-order valence-electron chi connectivity index (χ0n) is 19.8. The van der Waals surface area contributed by atoms with Crippen LogP contribution in [0.3, 0.4) is 0 Å². The van der Waals surface area contributed by atoms with E-state index < -0.39 is 6.10 Å². The monoisotopic (exact) mass is 467 g/mol. The van der Waals surface area contributed by atoms with Crippen LogP contribution >= 0.6 is 11.3 Å². The number of rotatable bonds is 5. The molecule has 5 rings (SSSR count). The molecule has 6 nitrogen and oxygen atoms in total. The maximum Gasteiger partial charge on any atom is 0.275 e. The SMILES string of the molecule is CN1[C@@H]2CC[C@H]1C[C@@H](Oc1ccc(-n3cnc4cc(C(O)CC(C)(C)C)sc4c3=O)cc1)C2. The molecule has 0 radical (unpaired) electrons. The van der Waals surface area contributed by atoms with E-state index >= 15 is 0 Å². The Morgan fingerprint density at radius 2 is 1.85 bits per heavy atom. The van der Waals surface area contributed by atoms with E-state index in [-0.39, 0.29) is 17.1 Å². The van der Waals surface area contributed by atoms with Gasteiger partial charge in [0.05, 0.1) is 17.3 Å². The fourth-order valence-corrected chi connectivity index (χ4v) is 6.32. The molecule has 176 valence electrons. The minimum Gasteiger partial charge on any atom is -0.490 e.